The molecule has 0 aliphatic heterocycles. The zero-order valence-corrected chi connectivity index (χ0v) is 21.0. The topological polar surface area (TPSA) is 78.0 Å². The number of benzene rings is 3. The minimum atomic E-state index is -4.71. The normalized spacial score (nSPS) is 11.7. The third kappa shape index (κ3) is 4.66. The van der Waals surface area contributed by atoms with E-state index in [1.807, 2.05) is 0 Å². The number of hydrogen-bond acceptors (Lipinski definition) is 4. The van der Waals surface area contributed by atoms with Crippen LogP contribution in [0.1, 0.15) is 5.56 Å². The van der Waals surface area contributed by atoms with Crippen molar-refractivity contribution < 1.29 is 22.0 Å². The number of halogens is 6. The second-order valence-electron chi connectivity index (χ2n) is 8.68. The lowest BCUT2D eigenvalue weighted by molar-refractivity contribution is -0.137. The first-order valence-corrected chi connectivity index (χ1v) is 11.8. The highest BCUT2D eigenvalue weighted by molar-refractivity contribution is 6.31. The Balaban J connectivity index is 1.87. The van der Waals surface area contributed by atoms with Crippen LogP contribution in [0.15, 0.2) is 87.2 Å². The van der Waals surface area contributed by atoms with E-state index >= 15 is 0 Å². The molecule has 5 aromatic rings. The fourth-order valence-electron chi connectivity index (χ4n) is 4.26. The zero-order chi connectivity index (χ0) is 28.9. The van der Waals surface area contributed by atoms with Crippen molar-refractivity contribution in [3.05, 3.63) is 126 Å². The van der Waals surface area contributed by atoms with Gasteiger partial charge < -0.3 is 5.32 Å². The van der Waals surface area contributed by atoms with E-state index in [1.54, 1.807) is 0 Å². The van der Waals surface area contributed by atoms with Crippen molar-refractivity contribution in [2.45, 2.75) is 6.18 Å². The molecule has 0 aliphatic rings. The fourth-order valence-corrected chi connectivity index (χ4v) is 4.55. The monoisotopic (exact) mass is 574 g/mol. The summed E-state index contributed by atoms with van der Waals surface area (Å²) in [5.41, 5.74) is -3.86. The Hall–Kier alpha value is -4.71. The van der Waals surface area contributed by atoms with Gasteiger partial charge in [0.1, 0.15) is 22.7 Å². The maximum atomic E-state index is 13.9. The molecule has 0 saturated heterocycles. The van der Waals surface area contributed by atoms with E-state index in [0.29, 0.717) is 0 Å². The van der Waals surface area contributed by atoms with Crippen LogP contribution in [0.25, 0.3) is 22.4 Å². The number of fused-ring (bicyclic) bond motifs is 1. The molecule has 2 aromatic heterocycles. The molecule has 0 saturated carbocycles. The molecular weight excluding hydrogens is 559 g/mol. The first-order chi connectivity index (χ1) is 18.9. The van der Waals surface area contributed by atoms with E-state index in [1.165, 1.54) is 31.3 Å². The van der Waals surface area contributed by atoms with Gasteiger partial charge in [0.05, 0.1) is 27.6 Å². The Morgan fingerprint density at radius 2 is 1.32 bits per heavy atom. The van der Waals surface area contributed by atoms with Gasteiger partial charge in [-0.1, -0.05) is 11.6 Å². The Labute approximate surface area is 225 Å². The van der Waals surface area contributed by atoms with Crippen molar-refractivity contribution in [1.29, 1.82) is 0 Å². The third-order valence-electron chi connectivity index (χ3n) is 6.14. The van der Waals surface area contributed by atoms with Gasteiger partial charge in [-0.15, -0.1) is 0 Å². The van der Waals surface area contributed by atoms with E-state index in [4.69, 9.17) is 11.6 Å². The Morgan fingerprint density at radius 3 is 1.85 bits per heavy atom. The van der Waals surface area contributed by atoms with Crippen LogP contribution in [0, 0.1) is 11.6 Å². The molecule has 1 N–H and O–H groups in total. The molecule has 0 fully saturated rings. The molecule has 0 bridgehead atoms. The second-order valence-corrected chi connectivity index (χ2v) is 9.09. The van der Waals surface area contributed by atoms with Crippen molar-refractivity contribution in [2.24, 2.45) is 7.05 Å². The molecule has 204 valence electrons. The molecule has 0 spiro atoms. The second kappa shape index (κ2) is 9.79. The van der Waals surface area contributed by atoms with Gasteiger partial charge >= 0.3 is 11.9 Å². The summed E-state index contributed by atoms with van der Waals surface area (Å²) in [5.74, 6) is -1.23. The summed E-state index contributed by atoms with van der Waals surface area (Å²) in [6.45, 7) is 0. The predicted octanol–water partition coefficient (Wildman–Crippen LogP) is 5.53. The van der Waals surface area contributed by atoms with Crippen molar-refractivity contribution in [1.82, 2.24) is 13.7 Å². The van der Waals surface area contributed by atoms with Crippen LogP contribution in [0.4, 0.5) is 33.3 Å². The lowest BCUT2D eigenvalue weighted by Gasteiger charge is -2.19. The van der Waals surface area contributed by atoms with Crippen LogP contribution in [-0.4, -0.2) is 13.7 Å². The van der Waals surface area contributed by atoms with Crippen LogP contribution in [0.2, 0.25) is 5.02 Å². The van der Waals surface area contributed by atoms with Gasteiger partial charge in [-0.3, -0.25) is 14.2 Å². The van der Waals surface area contributed by atoms with Gasteiger partial charge in [-0.25, -0.2) is 22.7 Å². The van der Waals surface area contributed by atoms with E-state index in [0.717, 1.165) is 62.2 Å². The van der Waals surface area contributed by atoms with Gasteiger partial charge in [-0.2, -0.15) is 13.2 Å². The molecule has 40 heavy (non-hydrogen) atoms. The predicted molar refractivity (Wildman–Crippen MR) is 140 cm³/mol. The van der Waals surface area contributed by atoms with E-state index in [9.17, 15) is 36.3 Å². The van der Waals surface area contributed by atoms with Gasteiger partial charge in [0.15, 0.2) is 0 Å². The summed E-state index contributed by atoms with van der Waals surface area (Å²) in [4.78, 5) is 40.6. The number of nitrogens with one attached hydrogen (secondary N) is 1. The van der Waals surface area contributed by atoms with Crippen LogP contribution in [0.3, 0.4) is 0 Å². The lowest BCUT2D eigenvalue weighted by Crippen LogP contribution is -2.40. The summed E-state index contributed by atoms with van der Waals surface area (Å²) >= 11 is 5.84. The average molecular weight is 575 g/mol. The number of rotatable bonds is 4. The number of nitrogens with zero attached hydrogens (tertiary/aromatic N) is 3. The van der Waals surface area contributed by atoms with Crippen molar-refractivity contribution in [3.8, 4) is 11.4 Å². The highest BCUT2D eigenvalue weighted by Gasteiger charge is 2.33. The van der Waals surface area contributed by atoms with E-state index in [-0.39, 0.29) is 33.8 Å². The smallest absolute Gasteiger partial charge is 0.355 e. The molecule has 2 heterocycles. The molecule has 13 heteroatoms. The summed E-state index contributed by atoms with van der Waals surface area (Å²) < 4.78 is 69.7. The molecule has 0 atom stereocenters. The standard InChI is InChI=1S/C27H16ClF5N4O3/c1-35-22(38)13-21(34-16-6-11-19(20(28)12-16)27(31,32)33)23-24(35)36(17-7-2-14(29)3-8-17)26(40)37(25(23)39)18-9-4-15(30)5-10-18/h2-13,34H,1H3. The molecule has 0 aliphatic carbocycles. The summed E-state index contributed by atoms with van der Waals surface area (Å²) in [6.07, 6.45) is -4.71. The van der Waals surface area contributed by atoms with Gasteiger partial charge in [0.2, 0.25) is 0 Å². The number of anilines is 2. The van der Waals surface area contributed by atoms with Crippen molar-refractivity contribution >= 4 is 34.0 Å². The number of pyridine rings is 1. The van der Waals surface area contributed by atoms with Crippen LogP contribution < -0.4 is 22.1 Å². The molecular formula is C27H16ClF5N4O3. The third-order valence-corrected chi connectivity index (χ3v) is 6.46. The largest absolute Gasteiger partial charge is 0.417 e. The Morgan fingerprint density at radius 1 is 0.775 bits per heavy atom. The quantitative estimate of drug-likeness (QED) is 0.286. The molecule has 0 radical (unpaired) electrons. The number of aromatic nitrogens is 3. The van der Waals surface area contributed by atoms with Crippen LogP contribution in [0.5, 0.6) is 0 Å². The summed E-state index contributed by atoms with van der Waals surface area (Å²) in [6, 6.07) is 12.9. The fraction of sp³-hybridized carbons (Fsp3) is 0.0741. The summed E-state index contributed by atoms with van der Waals surface area (Å²) in [5, 5.41) is 1.91. The van der Waals surface area contributed by atoms with Gasteiger partial charge in [0, 0.05) is 18.8 Å². The van der Waals surface area contributed by atoms with Crippen molar-refractivity contribution in [2.75, 3.05) is 5.32 Å². The van der Waals surface area contributed by atoms with Crippen LogP contribution >= 0.6 is 11.6 Å². The highest BCUT2D eigenvalue weighted by atomic mass is 35.5. The summed E-state index contributed by atoms with van der Waals surface area (Å²) in [7, 11) is 1.31. The molecule has 0 unspecified atom stereocenters. The number of aryl methyl sites for hydroxylation is 1. The zero-order valence-electron chi connectivity index (χ0n) is 20.3. The number of alkyl halides is 3. The average Bonchev–Trinajstić information content (AvgIpc) is 2.88. The van der Waals surface area contributed by atoms with E-state index in [2.05, 4.69) is 5.32 Å². The number of hydrogen-bond donors (Lipinski definition) is 1. The minimum absolute atomic E-state index is 0.00783. The van der Waals surface area contributed by atoms with Crippen LogP contribution in [-0.2, 0) is 13.2 Å². The Kier molecular flexibility index (Phi) is 6.58. The van der Waals surface area contributed by atoms with Gasteiger partial charge in [-0.05, 0) is 66.7 Å². The maximum absolute atomic E-state index is 13.9. The van der Waals surface area contributed by atoms with Gasteiger partial charge in [0.25, 0.3) is 11.1 Å². The lowest BCUT2D eigenvalue weighted by atomic mass is 10.1. The minimum Gasteiger partial charge on any atom is -0.355 e. The maximum Gasteiger partial charge on any atom is 0.417 e. The first-order valence-electron chi connectivity index (χ1n) is 11.4. The first kappa shape index (κ1) is 26.9. The van der Waals surface area contributed by atoms with Crippen molar-refractivity contribution in [3.63, 3.8) is 0 Å². The Bertz CT molecular complexity index is 1960. The SMILES string of the molecule is Cn1c(=O)cc(Nc2ccc(C(F)(F)F)c(Cl)c2)c2c(=O)n(-c3ccc(F)cc3)c(=O)n(-c3ccc(F)cc3)c21. The molecule has 3 aromatic carbocycles. The molecule has 0 amide bonds. The molecule has 7 nitrogen and oxygen atoms in total. The van der Waals surface area contributed by atoms with E-state index < -0.39 is 45.2 Å². The molecule has 5 rings (SSSR count). The highest BCUT2D eigenvalue weighted by Crippen LogP contribution is 2.36.